The summed E-state index contributed by atoms with van der Waals surface area (Å²) in [6.45, 7) is 0.530. The van der Waals surface area contributed by atoms with E-state index in [1.54, 1.807) is 24.3 Å². The summed E-state index contributed by atoms with van der Waals surface area (Å²) < 4.78 is 27.2. The quantitative estimate of drug-likeness (QED) is 0.726. The number of carbonyl (C=O) groups excluding carboxylic acids is 1. The van der Waals surface area contributed by atoms with Crippen molar-refractivity contribution in [3.63, 3.8) is 0 Å². The predicted octanol–water partition coefficient (Wildman–Crippen LogP) is 2.55. The molecule has 5 nitrogen and oxygen atoms in total. The van der Waals surface area contributed by atoms with E-state index in [0.717, 1.165) is 0 Å². The minimum absolute atomic E-state index is 0.136. The minimum atomic E-state index is -0.358. The second-order valence-electron chi connectivity index (χ2n) is 5.97. The number of nitrogens with one attached hydrogen (secondary N) is 1. The van der Waals surface area contributed by atoms with E-state index in [0.29, 0.717) is 16.8 Å². The molecule has 0 aliphatic carbocycles. The Morgan fingerprint density at radius 3 is 2.26 bits per heavy atom. The maximum atomic E-state index is 13.0. The zero-order valence-electron chi connectivity index (χ0n) is 14.4. The van der Waals surface area contributed by atoms with Gasteiger partial charge in [0.1, 0.15) is 11.6 Å². The van der Waals surface area contributed by atoms with Crippen LogP contribution in [0.15, 0.2) is 65.7 Å². The van der Waals surface area contributed by atoms with Crippen molar-refractivity contribution in [2.45, 2.75) is 13.0 Å². The fourth-order valence-electron chi connectivity index (χ4n) is 2.54. The first-order valence-electron chi connectivity index (χ1n) is 8.35. The van der Waals surface area contributed by atoms with E-state index >= 15 is 0 Å². The van der Waals surface area contributed by atoms with E-state index in [4.69, 9.17) is 0 Å². The molecule has 0 atom stereocenters. The summed E-state index contributed by atoms with van der Waals surface area (Å²) in [4.78, 5) is 28.3. The van der Waals surface area contributed by atoms with E-state index in [9.17, 15) is 18.4 Å². The van der Waals surface area contributed by atoms with E-state index in [1.807, 2.05) is 0 Å². The summed E-state index contributed by atoms with van der Waals surface area (Å²) in [5, 5.41) is 2.71. The first kappa shape index (κ1) is 18.4. The van der Waals surface area contributed by atoms with E-state index in [-0.39, 0.29) is 42.6 Å². The first-order chi connectivity index (χ1) is 13.0. The van der Waals surface area contributed by atoms with Crippen LogP contribution in [-0.2, 0) is 17.8 Å². The van der Waals surface area contributed by atoms with Crippen molar-refractivity contribution in [3.8, 4) is 11.3 Å². The molecule has 3 rings (SSSR count). The Balaban J connectivity index is 1.55. The van der Waals surface area contributed by atoms with Crippen molar-refractivity contribution in [2.24, 2.45) is 0 Å². The zero-order valence-corrected chi connectivity index (χ0v) is 14.4. The lowest BCUT2D eigenvalue weighted by molar-refractivity contribution is -0.120. The van der Waals surface area contributed by atoms with Crippen molar-refractivity contribution in [1.29, 1.82) is 0 Å². The number of benzene rings is 2. The molecule has 27 heavy (non-hydrogen) atoms. The molecule has 3 aromatic rings. The number of amides is 1. The number of hydrogen-bond acceptors (Lipinski definition) is 3. The van der Waals surface area contributed by atoms with Gasteiger partial charge >= 0.3 is 0 Å². The average molecular weight is 369 g/mol. The molecule has 0 aliphatic heterocycles. The molecular formula is C20H17F2N3O2. The molecular weight excluding hydrogens is 352 g/mol. The summed E-state index contributed by atoms with van der Waals surface area (Å²) in [6.07, 6.45) is 1.53. The normalized spacial score (nSPS) is 10.6. The molecule has 2 aromatic carbocycles. The molecule has 7 heteroatoms. The van der Waals surface area contributed by atoms with Gasteiger partial charge in [0.2, 0.25) is 5.91 Å². The molecule has 1 heterocycles. The summed E-state index contributed by atoms with van der Waals surface area (Å²) in [7, 11) is 0. The average Bonchev–Trinajstić information content (AvgIpc) is 2.65. The second-order valence-corrected chi connectivity index (χ2v) is 5.97. The van der Waals surface area contributed by atoms with Crippen LogP contribution in [0.4, 0.5) is 8.78 Å². The Kier molecular flexibility index (Phi) is 5.71. The zero-order chi connectivity index (χ0) is 19.2. The smallest absolute Gasteiger partial charge is 0.253 e. The fraction of sp³-hybridized carbons (Fsp3) is 0.150. The molecule has 138 valence electrons. The van der Waals surface area contributed by atoms with Gasteiger partial charge in [0, 0.05) is 24.7 Å². The number of nitrogens with zero attached hydrogens (tertiary/aromatic N) is 2. The first-order valence-corrected chi connectivity index (χ1v) is 8.35. The number of aromatic nitrogens is 2. The largest absolute Gasteiger partial charge is 0.354 e. The molecule has 0 spiro atoms. The van der Waals surface area contributed by atoms with Crippen LogP contribution in [0.2, 0.25) is 0 Å². The molecule has 0 radical (unpaired) electrons. The molecule has 0 saturated carbocycles. The second kappa shape index (κ2) is 8.35. The van der Waals surface area contributed by atoms with Crippen LogP contribution in [0.1, 0.15) is 5.56 Å². The maximum Gasteiger partial charge on any atom is 0.253 e. The molecule has 1 amide bonds. The summed E-state index contributed by atoms with van der Waals surface area (Å²) >= 11 is 0. The van der Waals surface area contributed by atoms with Crippen molar-refractivity contribution < 1.29 is 13.6 Å². The molecule has 0 unspecified atom stereocenters. The maximum absolute atomic E-state index is 13.0. The molecule has 0 bridgehead atoms. The van der Waals surface area contributed by atoms with Crippen molar-refractivity contribution in [2.75, 3.05) is 6.54 Å². The monoisotopic (exact) mass is 369 g/mol. The standard InChI is InChI=1S/C20H17F2N3O2/c21-16-5-1-14(2-6-16)11-19(26)23-9-10-25-13-24-18(12-20(25)27)15-3-7-17(22)8-4-15/h1-8,12-13H,9-11H2,(H,23,26). The van der Waals surface area contributed by atoms with Gasteiger partial charge in [0.15, 0.2) is 0 Å². The SMILES string of the molecule is O=C(Cc1ccc(F)cc1)NCCn1cnc(-c2ccc(F)cc2)cc1=O. The third kappa shape index (κ3) is 5.07. The van der Waals surface area contributed by atoms with E-state index < -0.39 is 0 Å². The van der Waals surface area contributed by atoms with Crippen LogP contribution in [-0.4, -0.2) is 22.0 Å². The van der Waals surface area contributed by atoms with Gasteiger partial charge in [0.25, 0.3) is 5.56 Å². The summed E-state index contributed by atoms with van der Waals surface area (Å²) in [5.41, 5.74) is 1.54. The van der Waals surface area contributed by atoms with Crippen molar-refractivity contribution >= 4 is 5.91 Å². The third-order valence-corrected chi connectivity index (χ3v) is 3.97. The Bertz CT molecular complexity index is 983. The Hall–Kier alpha value is -3.35. The molecule has 0 aliphatic rings. The highest BCUT2D eigenvalue weighted by molar-refractivity contribution is 5.78. The van der Waals surface area contributed by atoms with Crippen molar-refractivity contribution in [1.82, 2.24) is 14.9 Å². The highest BCUT2D eigenvalue weighted by atomic mass is 19.1. The highest BCUT2D eigenvalue weighted by Crippen LogP contribution is 2.14. The lowest BCUT2D eigenvalue weighted by atomic mass is 10.1. The number of halogens is 2. The number of hydrogen-bond donors (Lipinski definition) is 1. The molecule has 1 N–H and O–H groups in total. The van der Waals surface area contributed by atoms with E-state index in [1.165, 1.54) is 41.2 Å². The van der Waals surface area contributed by atoms with E-state index in [2.05, 4.69) is 10.3 Å². The van der Waals surface area contributed by atoms with Crippen LogP contribution in [0, 0.1) is 11.6 Å². The topological polar surface area (TPSA) is 64.0 Å². The predicted molar refractivity (Wildman–Crippen MR) is 97.0 cm³/mol. The molecule has 0 fully saturated rings. The van der Waals surface area contributed by atoms with Gasteiger partial charge in [-0.2, -0.15) is 0 Å². The van der Waals surface area contributed by atoms with Crippen LogP contribution in [0.3, 0.4) is 0 Å². The van der Waals surface area contributed by atoms with Gasteiger partial charge in [-0.25, -0.2) is 13.8 Å². The Morgan fingerprint density at radius 2 is 1.63 bits per heavy atom. The lowest BCUT2D eigenvalue weighted by Crippen LogP contribution is -2.31. The summed E-state index contributed by atoms with van der Waals surface area (Å²) in [5.74, 6) is -0.927. The molecule has 1 aromatic heterocycles. The Labute approximate surface area is 154 Å². The Morgan fingerprint density at radius 1 is 1.00 bits per heavy atom. The number of carbonyl (C=O) groups is 1. The van der Waals surface area contributed by atoms with Gasteiger partial charge < -0.3 is 5.32 Å². The molecule has 0 saturated heterocycles. The van der Waals surface area contributed by atoms with Crippen molar-refractivity contribution in [3.05, 3.63) is 88.5 Å². The number of rotatable bonds is 6. The minimum Gasteiger partial charge on any atom is -0.354 e. The van der Waals surface area contributed by atoms with Crippen LogP contribution < -0.4 is 10.9 Å². The summed E-state index contributed by atoms with van der Waals surface area (Å²) in [6, 6.07) is 12.8. The van der Waals surface area contributed by atoms with Crippen LogP contribution in [0.5, 0.6) is 0 Å². The van der Waals surface area contributed by atoms with Gasteiger partial charge in [-0.3, -0.25) is 14.2 Å². The van der Waals surface area contributed by atoms with Crippen LogP contribution in [0.25, 0.3) is 11.3 Å². The van der Waals surface area contributed by atoms with Gasteiger partial charge in [0.05, 0.1) is 18.4 Å². The third-order valence-electron chi connectivity index (χ3n) is 3.97. The van der Waals surface area contributed by atoms with Gasteiger partial charge in [-0.1, -0.05) is 12.1 Å². The van der Waals surface area contributed by atoms with Gasteiger partial charge in [-0.15, -0.1) is 0 Å². The van der Waals surface area contributed by atoms with Gasteiger partial charge in [-0.05, 0) is 42.0 Å². The fourth-order valence-corrected chi connectivity index (χ4v) is 2.54. The van der Waals surface area contributed by atoms with Crippen LogP contribution >= 0.6 is 0 Å². The lowest BCUT2D eigenvalue weighted by Gasteiger charge is -2.08. The highest BCUT2D eigenvalue weighted by Gasteiger charge is 2.06.